The van der Waals surface area contributed by atoms with E-state index in [-0.39, 0.29) is 18.7 Å². The topological polar surface area (TPSA) is 125 Å². The monoisotopic (exact) mass is 308 g/mol. The maximum atomic E-state index is 11.9. The van der Waals surface area contributed by atoms with Crippen LogP contribution in [0.25, 0.3) is 0 Å². The zero-order valence-electron chi connectivity index (χ0n) is 11.9. The van der Waals surface area contributed by atoms with E-state index in [1.54, 1.807) is 30.3 Å². The van der Waals surface area contributed by atoms with Crippen molar-refractivity contribution in [2.75, 3.05) is 6.61 Å². The van der Waals surface area contributed by atoms with E-state index in [1.165, 1.54) is 6.92 Å². The summed E-state index contributed by atoms with van der Waals surface area (Å²) >= 11 is 0. The number of nitrogens with zero attached hydrogens (tertiary/aromatic N) is 1. The van der Waals surface area contributed by atoms with Crippen LogP contribution in [0.3, 0.4) is 0 Å². The number of carboxylic acids is 1. The first-order valence-corrected chi connectivity index (χ1v) is 6.44. The van der Waals surface area contributed by atoms with Crippen molar-refractivity contribution in [1.29, 1.82) is 0 Å². The highest BCUT2D eigenvalue weighted by Crippen LogP contribution is 2.02. The molecule has 0 fully saturated rings. The predicted octanol–water partition coefficient (Wildman–Crippen LogP) is 0.192. The first-order chi connectivity index (χ1) is 10.5. The van der Waals surface area contributed by atoms with Gasteiger partial charge in [-0.3, -0.25) is 4.79 Å². The van der Waals surface area contributed by atoms with E-state index in [0.29, 0.717) is 5.56 Å². The quantitative estimate of drug-likeness (QED) is 0.217. The van der Waals surface area contributed by atoms with Gasteiger partial charge in [-0.2, -0.15) is 0 Å². The number of aliphatic carboxylic acids is 1. The second-order valence-corrected chi connectivity index (χ2v) is 4.21. The van der Waals surface area contributed by atoms with Crippen molar-refractivity contribution in [3.05, 3.63) is 35.9 Å². The van der Waals surface area contributed by atoms with E-state index in [9.17, 15) is 14.4 Å². The molecule has 0 radical (unpaired) electrons. The third-order valence-corrected chi connectivity index (χ3v) is 2.64. The average Bonchev–Trinajstić information content (AvgIpc) is 2.50. The van der Waals surface area contributed by atoms with Crippen LogP contribution in [0.4, 0.5) is 0 Å². The Balaban J connectivity index is 2.79. The Morgan fingerprint density at radius 1 is 1.27 bits per heavy atom. The number of hydrogen-bond donors (Lipinski definition) is 3. The molecule has 1 unspecified atom stereocenters. The summed E-state index contributed by atoms with van der Waals surface area (Å²) in [5.74, 6) is -3.63. The third kappa shape index (κ3) is 4.89. The number of amides is 1. The summed E-state index contributed by atoms with van der Waals surface area (Å²) in [5, 5.41) is 22.7. The minimum Gasteiger partial charge on any atom is -0.479 e. The van der Waals surface area contributed by atoms with Gasteiger partial charge in [0.2, 0.25) is 6.04 Å². The lowest BCUT2D eigenvalue weighted by molar-refractivity contribution is -0.156. The lowest BCUT2D eigenvalue weighted by Gasteiger charge is -2.13. The molecule has 1 aromatic rings. The Hall–Kier alpha value is -2.90. The number of benzene rings is 1. The van der Waals surface area contributed by atoms with Gasteiger partial charge in [0.15, 0.2) is 0 Å². The highest BCUT2D eigenvalue weighted by Gasteiger charge is 2.31. The van der Waals surface area contributed by atoms with Crippen LogP contribution in [0, 0.1) is 0 Å². The Morgan fingerprint density at radius 2 is 1.91 bits per heavy atom. The zero-order chi connectivity index (χ0) is 16.5. The first kappa shape index (κ1) is 17.2. The number of hydrogen-bond acceptors (Lipinski definition) is 6. The van der Waals surface area contributed by atoms with Gasteiger partial charge < -0.3 is 20.4 Å². The lowest BCUT2D eigenvalue weighted by Crippen LogP contribution is -2.49. The van der Waals surface area contributed by atoms with E-state index in [4.69, 9.17) is 10.3 Å². The smallest absolute Gasteiger partial charge is 0.340 e. The maximum Gasteiger partial charge on any atom is 0.340 e. The molecule has 0 heterocycles. The fourth-order valence-corrected chi connectivity index (χ4v) is 1.61. The Morgan fingerprint density at radius 3 is 2.41 bits per heavy atom. The molecular formula is C14H16N2O6. The van der Waals surface area contributed by atoms with Crippen LogP contribution in [0.5, 0.6) is 0 Å². The highest BCUT2D eigenvalue weighted by molar-refractivity contribution is 6.39. The standard InChI is InChI=1S/C14H16N2O6/c1-2-22-14(20)11(13(18)19)15-12(17)10(16-21)8-9-6-4-3-5-7-9/h3-7,11,21H,2,8H2,1H3,(H,15,17)(H,18,19)/b16-10-. The van der Waals surface area contributed by atoms with Gasteiger partial charge in [0.1, 0.15) is 5.71 Å². The zero-order valence-corrected chi connectivity index (χ0v) is 11.9. The summed E-state index contributed by atoms with van der Waals surface area (Å²) in [6.07, 6.45) is -0.0155. The number of esters is 1. The van der Waals surface area contributed by atoms with Gasteiger partial charge in [-0.25, -0.2) is 9.59 Å². The second kappa shape index (κ2) is 8.40. The minimum atomic E-state index is -1.86. The van der Waals surface area contributed by atoms with Gasteiger partial charge in [0, 0.05) is 6.42 Å². The predicted molar refractivity (Wildman–Crippen MR) is 75.6 cm³/mol. The largest absolute Gasteiger partial charge is 0.479 e. The molecule has 0 aromatic heterocycles. The van der Waals surface area contributed by atoms with E-state index in [1.807, 2.05) is 5.32 Å². The van der Waals surface area contributed by atoms with E-state index < -0.39 is 23.9 Å². The van der Waals surface area contributed by atoms with Gasteiger partial charge in [-0.15, -0.1) is 0 Å². The lowest BCUT2D eigenvalue weighted by atomic mass is 10.1. The summed E-state index contributed by atoms with van der Waals surface area (Å²) in [6.45, 7) is 1.48. The van der Waals surface area contributed by atoms with Gasteiger partial charge in [-0.1, -0.05) is 35.5 Å². The van der Waals surface area contributed by atoms with Crippen molar-refractivity contribution in [2.24, 2.45) is 5.16 Å². The van der Waals surface area contributed by atoms with Crippen LogP contribution in [-0.4, -0.2) is 46.5 Å². The number of nitrogens with one attached hydrogen (secondary N) is 1. The number of ether oxygens (including phenoxy) is 1. The average molecular weight is 308 g/mol. The molecule has 8 heteroatoms. The van der Waals surface area contributed by atoms with Gasteiger partial charge in [0.25, 0.3) is 5.91 Å². The van der Waals surface area contributed by atoms with E-state index >= 15 is 0 Å². The summed E-state index contributed by atoms with van der Waals surface area (Å²) in [5.41, 5.74) is 0.371. The molecule has 0 aliphatic heterocycles. The Kier molecular flexibility index (Phi) is 6.55. The molecule has 1 atom stereocenters. The fourth-order valence-electron chi connectivity index (χ4n) is 1.61. The first-order valence-electron chi connectivity index (χ1n) is 6.44. The molecule has 0 saturated heterocycles. The highest BCUT2D eigenvalue weighted by atomic mass is 16.5. The second-order valence-electron chi connectivity index (χ2n) is 4.21. The molecule has 0 spiro atoms. The minimum absolute atomic E-state index is 0.0155. The Bertz CT molecular complexity index is 570. The number of carbonyl (C=O) groups is 3. The van der Waals surface area contributed by atoms with Crippen molar-refractivity contribution < 1.29 is 29.4 Å². The van der Waals surface area contributed by atoms with Gasteiger partial charge in [0.05, 0.1) is 6.61 Å². The van der Waals surface area contributed by atoms with Crippen molar-refractivity contribution >= 4 is 23.6 Å². The molecule has 0 saturated carbocycles. The van der Waals surface area contributed by atoms with E-state index in [0.717, 1.165) is 0 Å². The molecule has 0 aliphatic carbocycles. The van der Waals surface area contributed by atoms with E-state index in [2.05, 4.69) is 9.89 Å². The molecule has 3 N–H and O–H groups in total. The van der Waals surface area contributed by atoms with Crippen LogP contribution in [0.2, 0.25) is 0 Å². The normalized spacial score (nSPS) is 12.3. The van der Waals surface area contributed by atoms with Crippen LogP contribution in [-0.2, 0) is 25.5 Å². The number of oxime groups is 1. The summed E-state index contributed by atoms with van der Waals surface area (Å²) in [6, 6.07) is 6.80. The fraction of sp³-hybridized carbons (Fsp3) is 0.286. The maximum absolute atomic E-state index is 11.9. The van der Waals surface area contributed by atoms with Gasteiger partial charge in [-0.05, 0) is 12.5 Å². The summed E-state index contributed by atoms with van der Waals surface area (Å²) in [4.78, 5) is 34.4. The molecule has 0 aliphatic rings. The van der Waals surface area contributed by atoms with Crippen LogP contribution >= 0.6 is 0 Å². The number of rotatable bonds is 7. The van der Waals surface area contributed by atoms with Crippen molar-refractivity contribution in [3.8, 4) is 0 Å². The molecule has 1 amide bonds. The van der Waals surface area contributed by atoms with Crippen molar-refractivity contribution in [2.45, 2.75) is 19.4 Å². The summed E-state index contributed by atoms with van der Waals surface area (Å²) in [7, 11) is 0. The summed E-state index contributed by atoms with van der Waals surface area (Å²) < 4.78 is 4.56. The van der Waals surface area contributed by atoms with Crippen LogP contribution in [0.15, 0.2) is 35.5 Å². The molecule has 22 heavy (non-hydrogen) atoms. The van der Waals surface area contributed by atoms with Crippen molar-refractivity contribution in [3.63, 3.8) is 0 Å². The van der Waals surface area contributed by atoms with Crippen molar-refractivity contribution in [1.82, 2.24) is 5.32 Å². The Labute approximate surface area is 126 Å². The molecule has 118 valence electrons. The molecular weight excluding hydrogens is 292 g/mol. The SMILES string of the molecule is CCOC(=O)C(NC(=O)/C(Cc1ccccc1)=N\O)C(=O)O. The molecule has 8 nitrogen and oxygen atoms in total. The third-order valence-electron chi connectivity index (χ3n) is 2.64. The molecule has 1 aromatic carbocycles. The molecule has 0 bridgehead atoms. The van der Waals surface area contributed by atoms with Crippen LogP contribution < -0.4 is 5.32 Å². The van der Waals surface area contributed by atoms with Crippen LogP contribution in [0.1, 0.15) is 12.5 Å². The molecule has 1 rings (SSSR count). The number of carboxylic acid groups (broad SMARTS) is 1. The number of carbonyl (C=O) groups excluding carboxylic acids is 2. The van der Waals surface area contributed by atoms with Gasteiger partial charge >= 0.3 is 11.9 Å².